The number of esters is 1. The van der Waals surface area contributed by atoms with Gasteiger partial charge in [-0.25, -0.2) is 4.79 Å². The van der Waals surface area contributed by atoms with E-state index in [1.54, 1.807) is 27.2 Å². The molecule has 0 bridgehead atoms. The summed E-state index contributed by atoms with van der Waals surface area (Å²) < 4.78 is 16.2. The van der Waals surface area contributed by atoms with Gasteiger partial charge in [-0.3, -0.25) is 0 Å². The molecule has 31 heavy (non-hydrogen) atoms. The molecule has 2 aromatic carbocycles. The number of hydrogen-bond acceptors (Lipinski definition) is 7. The highest BCUT2D eigenvalue weighted by Crippen LogP contribution is 2.41. The number of hydrogen-bond donors (Lipinski definition) is 1. The Hall–Kier alpha value is -3.55. The van der Waals surface area contributed by atoms with Gasteiger partial charge >= 0.3 is 5.97 Å². The summed E-state index contributed by atoms with van der Waals surface area (Å²) in [7, 11) is 3.28. The number of fused-ring (bicyclic) bond motifs is 1. The number of nitrogens with one attached hydrogen (secondary N) is 1. The number of benzene rings is 2. The number of H-pyrrole nitrogens is 1. The lowest BCUT2D eigenvalue weighted by Gasteiger charge is -2.21. The number of anilines is 1. The Morgan fingerprint density at radius 2 is 1.81 bits per heavy atom. The summed E-state index contributed by atoms with van der Waals surface area (Å²) >= 11 is 0. The van der Waals surface area contributed by atoms with E-state index < -0.39 is 0 Å². The van der Waals surface area contributed by atoms with Crippen LogP contribution in [0.5, 0.6) is 11.5 Å². The van der Waals surface area contributed by atoms with E-state index >= 15 is 0 Å². The Balaban J connectivity index is 1.62. The van der Waals surface area contributed by atoms with E-state index in [4.69, 9.17) is 14.2 Å². The lowest BCUT2D eigenvalue weighted by atomic mass is 10.2. The van der Waals surface area contributed by atoms with Crippen LogP contribution in [-0.4, -0.2) is 44.9 Å². The molecule has 8 nitrogen and oxygen atoms in total. The van der Waals surface area contributed by atoms with Crippen molar-refractivity contribution in [2.75, 3.05) is 38.8 Å². The SMILES string of the molecule is CCOC(=O)c1cc2cc(/N=N/c3cc(OC)c(N4CCCC4)cc3OC)ccc2[nH]1. The van der Waals surface area contributed by atoms with Crippen LogP contribution in [0.2, 0.25) is 0 Å². The zero-order chi connectivity index (χ0) is 21.8. The molecule has 1 fully saturated rings. The normalized spacial score (nSPS) is 13.8. The molecule has 0 unspecified atom stereocenters. The number of methoxy groups -OCH3 is 2. The van der Waals surface area contributed by atoms with E-state index in [1.807, 2.05) is 30.3 Å². The summed E-state index contributed by atoms with van der Waals surface area (Å²) in [6, 6.07) is 11.1. The van der Waals surface area contributed by atoms with Crippen molar-refractivity contribution < 1.29 is 19.0 Å². The number of carbonyl (C=O) groups is 1. The zero-order valence-corrected chi connectivity index (χ0v) is 18.0. The summed E-state index contributed by atoms with van der Waals surface area (Å²) in [6.07, 6.45) is 2.35. The molecule has 162 valence electrons. The lowest BCUT2D eigenvalue weighted by molar-refractivity contribution is 0.0520. The molecular weight excluding hydrogens is 396 g/mol. The number of aromatic amines is 1. The predicted molar refractivity (Wildman–Crippen MR) is 119 cm³/mol. The van der Waals surface area contributed by atoms with E-state index in [-0.39, 0.29) is 5.97 Å². The first-order chi connectivity index (χ1) is 15.1. The predicted octanol–water partition coefficient (Wildman–Crippen LogP) is 5.38. The van der Waals surface area contributed by atoms with E-state index in [9.17, 15) is 4.79 Å². The van der Waals surface area contributed by atoms with Gasteiger partial charge in [-0.1, -0.05) is 0 Å². The molecular formula is C23H26N4O4. The van der Waals surface area contributed by atoms with Gasteiger partial charge in [0.1, 0.15) is 22.9 Å². The van der Waals surface area contributed by atoms with E-state index in [1.165, 1.54) is 12.8 Å². The molecule has 1 saturated heterocycles. The highest BCUT2D eigenvalue weighted by atomic mass is 16.5. The minimum atomic E-state index is -0.378. The first-order valence-electron chi connectivity index (χ1n) is 10.4. The number of azo groups is 1. The highest BCUT2D eigenvalue weighted by Gasteiger charge is 2.19. The van der Waals surface area contributed by atoms with Crippen LogP contribution in [0.1, 0.15) is 30.3 Å². The number of carbonyl (C=O) groups excluding carboxylic acids is 1. The van der Waals surface area contributed by atoms with Crippen LogP contribution >= 0.6 is 0 Å². The number of rotatable bonds is 7. The fourth-order valence-electron chi connectivity index (χ4n) is 3.76. The molecule has 0 amide bonds. The summed E-state index contributed by atoms with van der Waals surface area (Å²) in [5.74, 6) is 1.01. The van der Waals surface area contributed by atoms with Crippen molar-refractivity contribution in [3.63, 3.8) is 0 Å². The third kappa shape index (κ3) is 4.33. The van der Waals surface area contributed by atoms with E-state index in [0.29, 0.717) is 29.4 Å². The van der Waals surface area contributed by atoms with Gasteiger partial charge in [-0.05, 0) is 44.0 Å². The largest absolute Gasteiger partial charge is 0.494 e. The van der Waals surface area contributed by atoms with Crippen LogP contribution in [0.3, 0.4) is 0 Å². The standard InChI is InChI=1S/C23H26N4O4/c1-4-31-23(28)19-12-15-11-16(7-8-17(15)24-19)25-26-18-13-22(30-3)20(14-21(18)29-2)27-9-5-6-10-27/h7-8,11-14,24H,4-6,9-10H2,1-3H3/b26-25+. The molecule has 1 aliphatic rings. The average Bonchev–Trinajstić information content (AvgIpc) is 3.47. The van der Waals surface area contributed by atoms with Gasteiger partial charge in [0, 0.05) is 36.1 Å². The Kier molecular flexibility index (Phi) is 6.06. The second-order valence-corrected chi connectivity index (χ2v) is 7.27. The van der Waals surface area contributed by atoms with E-state index in [0.717, 1.165) is 35.4 Å². The van der Waals surface area contributed by atoms with Gasteiger partial charge in [-0.2, -0.15) is 5.11 Å². The Morgan fingerprint density at radius 1 is 1.03 bits per heavy atom. The molecule has 0 saturated carbocycles. The molecule has 0 atom stereocenters. The number of nitrogens with zero attached hydrogens (tertiary/aromatic N) is 3. The Bertz CT molecular complexity index is 1120. The Morgan fingerprint density at radius 3 is 2.52 bits per heavy atom. The topological polar surface area (TPSA) is 88.5 Å². The van der Waals surface area contributed by atoms with Crippen molar-refractivity contribution in [2.24, 2.45) is 10.2 Å². The molecule has 1 aliphatic heterocycles. The molecule has 0 radical (unpaired) electrons. The molecule has 8 heteroatoms. The molecule has 0 spiro atoms. The summed E-state index contributed by atoms with van der Waals surface area (Å²) in [6.45, 7) is 4.12. The molecule has 2 heterocycles. The minimum Gasteiger partial charge on any atom is -0.494 e. The molecule has 1 N–H and O–H groups in total. The average molecular weight is 422 g/mol. The molecule has 1 aromatic heterocycles. The van der Waals surface area contributed by atoms with Crippen molar-refractivity contribution in [1.82, 2.24) is 4.98 Å². The quantitative estimate of drug-likeness (QED) is 0.408. The van der Waals surface area contributed by atoms with Crippen molar-refractivity contribution >= 4 is 33.9 Å². The maximum Gasteiger partial charge on any atom is 0.354 e. The van der Waals surface area contributed by atoms with Gasteiger partial charge in [0.15, 0.2) is 0 Å². The van der Waals surface area contributed by atoms with Crippen molar-refractivity contribution in [2.45, 2.75) is 19.8 Å². The van der Waals surface area contributed by atoms with Crippen LogP contribution in [0.15, 0.2) is 46.6 Å². The smallest absolute Gasteiger partial charge is 0.354 e. The molecule has 3 aromatic rings. The second-order valence-electron chi connectivity index (χ2n) is 7.27. The minimum absolute atomic E-state index is 0.329. The van der Waals surface area contributed by atoms with Crippen LogP contribution < -0.4 is 14.4 Å². The van der Waals surface area contributed by atoms with Gasteiger partial charge in [0.2, 0.25) is 0 Å². The van der Waals surface area contributed by atoms with Gasteiger partial charge < -0.3 is 24.1 Å². The zero-order valence-electron chi connectivity index (χ0n) is 18.0. The van der Waals surface area contributed by atoms with Crippen molar-refractivity contribution in [1.29, 1.82) is 0 Å². The van der Waals surface area contributed by atoms with Crippen LogP contribution in [0, 0.1) is 0 Å². The van der Waals surface area contributed by atoms with Gasteiger partial charge in [-0.15, -0.1) is 5.11 Å². The summed E-state index contributed by atoms with van der Waals surface area (Å²) in [5, 5.41) is 9.63. The Labute approximate surface area is 180 Å². The fraction of sp³-hybridized carbons (Fsp3) is 0.348. The first kappa shape index (κ1) is 20.7. The van der Waals surface area contributed by atoms with E-state index in [2.05, 4.69) is 20.1 Å². The number of ether oxygens (including phenoxy) is 3. The maximum absolute atomic E-state index is 11.9. The van der Waals surface area contributed by atoms with Gasteiger partial charge in [0.25, 0.3) is 0 Å². The van der Waals surface area contributed by atoms with Crippen LogP contribution in [0.25, 0.3) is 10.9 Å². The third-order valence-electron chi connectivity index (χ3n) is 5.30. The van der Waals surface area contributed by atoms with Crippen molar-refractivity contribution in [3.05, 3.63) is 42.1 Å². The second kappa shape index (κ2) is 9.07. The first-order valence-corrected chi connectivity index (χ1v) is 10.4. The summed E-state index contributed by atoms with van der Waals surface area (Å²) in [5.41, 5.74) is 3.50. The summed E-state index contributed by atoms with van der Waals surface area (Å²) in [4.78, 5) is 17.3. The number of aromatic nitrogens is 1. The van der Waals surface area contributed by atoms with Crippen LogP contribution in [0.4, 0.5) is 17.1 Å². The maximum atomic E-state index is 11.9. The van der Waals surface area contributed by atoms with Crippen molar-refractivity contribution in [3.8, 4) is 11.5 Å². The van der Waals surface area contributed by atoms with Gasteiger partial charge in [0.05, 0.1) is 32.2 Å². The molecule has 0 aliphatic carbocycles. The molecule has 4 rings (SSSR count). The third-order valence-corrected chi connectivity index (χ3v) is 5.30. The monoisotopic (exact) mass is 422 g/mol. The fourth-order valence-corrected chi connectivity index (χ4v) is 3.76. The van der Waals surface area contributed by atoms with Crippen LogP contribution in [-0.2, 0) is 4.74 Å². The lowest BCUT2D eigenvalue weighted by Crippen LogP contribution is -2.18. The highest BCUT2D eigenvalue weighted by molar-refractivity contribution is 5.95.